The van der Waals surface area contributed by atoms with Gasteiger partial charge in [-0.3, -0.25) is 10.0 Å². The van der Waals surface area contributed by atoms with E-state index in [1.807, 2.05) is 24.6 Å². The number of nitrogens with zero attached hydrogens (tertiary/aromatic N) is 4. The zero-order valence-electron chi connectivity index (χ0n) is 23.6. The van der Waals surface area contributed by atoms with Crippen LogP contribution in [-0.4, -0.2) is 12.4 Å². The molecule has 208 valence electrons. The van der Waals surface area contributed by atoms with E-state index in [0.29, 0.717) is 5.76 Å². The minimum atomic E-state index is 0.142. The van der Waals surface area contributed by atoms with Gasteiger partial charge < -0.3 is 4.42 Å². The second kappa shape index (κ2) is 10.8. The Morgan fingerprint density at radius 3 is 1.70 bits per heavy atom. The van der Waals surface area contributed by atoms with Gasteiger partial charge in [0.25, 0.3) is 0 Å². The first-order chi connectivity index (χ1) is 21.3. The zero-order valence-corrected chi connectivity index (χ0v) is 23.6. The van der Waals surface area contributed by atoms with E-state index in [2.05, 4.69) is 131 Å². The number of para-hydroxylation sites is 2. The Hall–Kier alpha value is -5.42. The van der Waals surface area contributed by atoms with Gasteiger partial charge in [-0.25, -0.2) is 0 Å². The molecule has 2 aliphatic rings. The van der Waals surface area contributed by atoms with Crippen LogP contribution in [0.5, 0.6) is 0 Å². The van der Waals surface area contributed by atoms with Crippen molar-refractivity contribution in [2.24, 2.45) is 10.2 Å². The number of rotatable bonds is 6. The van der Waals surface area contributed by atoms with Crippen LogP contribution in [0, 0.1) is 0 Å². The lowest BCUT2D eigenvalue weighted by atomic mass is 10.0. The highest BCUT2D eigenvalue weighted by Crippen LogP contribution is 2.41. The van der Waals surface area contributed by atoms with Crippen molar-refractivity contribution in [2.45, 2.75) is 24.9 Å². The largest absolute Gasteiger partial charge is 0.455 e. The minimum absolute atomic E-state index is 0.142. The molecule has 0 fully saturated rings. The fourth-order valence-electron chi connectivity index (χ4n) is 6.42. The van der Waals surface area contributed by atoms with E-state index in [0.717, 1.165) is 40.7 Å². The topological polar surface area (TPSA) is 44.3 Å². The predicted octanol–water partition coefficient (Wildman–Crippen LogP) is 8.71. The molecular formula is C38H30N4O. The summed E-state index contributed by atoms with van der Waals surface area (Å²) in [5, 5.41) is 15.3. The molecule has 0 saturated heterocycles. The maximum absolute atomic E-state index is 6.26. The second-order valence-corrected chi connectivity index (χ2v) is 11.1. The number of furan rings is 1. The van der Waals surface area contributed by atoms with E-state index in [9.17, 15) is 0 Å². The Morgan fingerprint density at radius 1 is 0.558 bits per heavy atom. The number of hydrazone groups is 2. The molecule has 5 nitrogen and oxygen atoms in total. The summed E-state index contributed by atoms with van der Waals surface area (Å²) in [5.41, 5.74) is 9.22. The monoisotopic (exact) mass is 558 g/mol. The molecule has 43 heavy (non-hydrogen) atoms. The normalized spacial score (nSPS) is 17.8. The first kappa shape index (κ1) is 25.3. The SMILES string of the molecule is C(=NN1c2ccccc2CC1c1ccccc1)c1cc2c(C=NN3c4ccccc4CC3c3ccccc3)cccc2o1. The van der Waals surface area contributed by atoms with Crippen molar-refractivity contribution in [1.29, 1.82) is 0 Å². The lowest BCUT2D eigenvalue weighted by molar-refractivity contribution is 0.605. The van der Waals surface area contributed by atoms with Gasteiger partial charge in [-0.2, -0.15) is 10.2 Å². The lowest BCUT2D eigenvalue weighted by Crippen LogP contribution is -2.19. The molecule has 0 spiro atoms. The molecule has 0 saturated carbocycles. The molecule has 3 heterocycles. The Labute approximate surface area is 251 Å². The number of hydrogen-bond acceptors (Lipinski definition) is 5. The molecule has 0 amide bonds. The number of anilines is 2. The van der Waals surface area contributed by atoms with Crippen LogP contribution in [0.25, 0.3) is 11.0 Å². The summed E-state index contributed by atoms with van der Waals surface area (Å²) >= 11 is 0. The van der Waals surface area contributed by atoms with Crippen LogP contribution in [0.1, 0.15) is 45.7 Å². The van der Waals surface area contributed by atoms with E-state index in [-0.39, 0.29) is 12.1 Å². The highest BCUT2D eigenvalue weighted by atomic mass is 16.3. The van der Waals surface area contributed by atoms with Crippen LogP contribution in [0.4, 0.5) is 11.4 Å². The average Bonchev–Trinajstić information content (AvgIpc) is 3.77. The van der Waals surface area contributed by atoms with E-state index in [4.69, 9.17) is 14.6 Å². The number of hydrogen-bond donors (Lipinski definition) is 0. The molecule has 2 unspecified atom stereocenters. The van der Waals surface area contributed by atoms with Crippen LogP contribution in [-0.2, 0) is 12.8 Å². The molecule has 0 aliphatic carbocycles. The molecule has 0 radical (unpaired) electrons. The number of fused-ring (bicyclic) bond motifs is 3. The van der Waals surface area contributed by atoms with E-state index in [1.54, 1.807) is 0 Å². The van der Waals surface area contributed by atoms with Crippen molar-refractivity contribution >= 4 is 34.8 Å². The third-order valence-electron chi connectivity index (χ3n) is 8.51. The molecule has 6 aromatic rings. The summed E-state index contributed by atoms with van der Waals surface area (Å²) in [6, 6.07) is 46.7. The molecule has 1 aromatic heterocycles. The Kier molecular flexibility index (Phi) is 6.34. The van der Waals surface area contributed by atoms with Crippen LogP contribution in [0.3, 0.4) is 0 Å². The summed E-state index contributed by atoms with van der Waals surface area (Å²) in [6.45, 7) is 0. The van der Waals surface area contributed by atoms with Gasteiger partial charge in [0.05, 0.1) is 35.9 Å². The van der Waals surface area contributed by atoms with Crippen LogP contribution < -0.4 is 10.0 Å². The maximum atomic E-state index is 6.26. The first-order valence-electron chi connectivity index (χ1n) is 14.8. The van der Waals surface area contributed by atoms with Gasteiger partial charge in [-0.1, -0.05) is 109 Å². The summed E-state index contributed by atoms with van der Waals surface area (Å²) in [5.74, 6) is 0.709. The molecular weight excluding hydrogens is 528 g/mol. The summed E-state index contributed by atoms with van der Waals surface area (Å²) in [7, 11) is 0. The lowest BCUT2D eigenvalue weighted by Gasteiger charge is -2.22. The van der Waals surface area contributed by atoms with E-state index >= 15 is 0 Å². The van der Waals surface area contributed by atoms with Gasteiger partial charge in [0, 0.05) is 23.8 Å². The predicted molar refractivity (Wildman–Crippen MR) is 175 cm³/mol. The highest BCUT2D eigenvalue weighted by Gasteiger charge is 2.31. The van der Waals surface area contributed by atoms with Crippen molar-refractivity contribution in [3.8, 4) is 0 Å². The molecule has 5 aromatic carbocycles. The molecule has 2 aliphatic heterocycles. The van der Waals surface area contributed by atoms with Crippen molar-refractivity contribution in [1.82, 2.24) is 0 Å². The second-order valence-electron chi connectivity index (χ2n) is 11.1. The van der Waals surface area contributed by atoms with Crippen molar-refractivity contribution in [3.05, 3.63) is 167 Å². The van der Waals surface area contributed by atoms with Crippen LogP contribution in [0.2, 0.25) is 0 Å². The molecule has 0 bridgehead atoms. The highest BCUT2D eigenvalue weighted by molar-refractivity contribution is 6.00. The Balaban J connectivity index is 1.11. The van der Waals surface area contributed by atoms with Crippen LogP contribution in [0.15, 0.2) is 148 Å². The van der Waals surface area contributed by atoms with Gasteiger partial charge >= 0.3 is 0 Å². The third-order valence-corrected chi connectivity index (χ3v) is 8.51. The van der Waals surface area contributed by atoms with E-state index < -0.39 is 0 Å². The van der Waals surface area contributed by atoms with Crippen LogP contribution >= 0.6 is 0 Å². The maximum Gasteiger partial charge on any atom is 0.148 e. The molecule has 5 heteroatoms. The Morgan fingerprint density at radius 2 is 1.09 bits per heavy atom. The van der Waals surface area contributed by atoms with Gasteiger partial charge in [0.2, 0.25) is 0 Å². The molecule has 0 N–H and O–H groups in total. The molecule has 8 rings (SSSR count). The van der Waals surface area contributed by atoms with Crippen molar-refractivity contribution in [2.75, 3.05) is 10.0 Å². The van der Waals surface area contributed by atoms with Gasteiger partial charge in [-0.15, -0.1) is 0 Å². The standard InChI is InChI=1S/C38H30N4O/c1-3-12-27(13-4-1)36-22-29-16-7-9-19-34(29)41(36)39-25-31-18-11-21-38-33(31)24-32(43-38)26-40-42-35-20-10-8-17-30(35)23-37(42)28-14-5-2-6-15-28/h1-21,24-26,36-37H,22-23H2. The van der Waals surface area contributed by atoms with E-state index in [1.165, 1.54) is 22.3 Å². The summed E-state index contributed by atoms with van der Waals surface area (Å²) in [6.07, 6.45) is 5.64. The third kappa shape index (κ3) is 4.69. The van der Waals surface area contributed by atoms with Gasteiger partial charge in [0.15, 0.2) is 0 Å². The fourth-order valence-corrected chi connectivity index (χ4v) is 6.42. The average molecular weight is 559 g/mol. The van der Waals surface area contributed by atoms with Gasteiger partial charge in [0.1, 0.15) is 11.3 Å². The first-order valence-corrected chi connectivity index (χ1v) is 14.8. The fraction of sp³-hybridized carbons (Fsp3) is 0.105. The zero-order chi connectivity index (χ0) is 28.6. The quantitative estimate of drug-likeness (QED) is 0.192. The number of benzene rings is 5. The summed E-state index contributed by atoms with van der Waals surface area (Å²) in [4.78, 5) is 0. The van der Waals surface area contributed by atoms with Gasteiger partial charge in [-0.05, 0) is 46.5 Å². The minimum Gasteiger partial charge on any atom is -0.455 e. The summed E-state index contributed by atoms with van der Waals surface area (Å²) < 4.78 is 6.26. The van der Waals surface area contributed by atoms with Crippen molar-refractivity contribution in [3.63, 3.8) is 0 Å². The van der Waals surface area contributed by atoms with Crippen molar-refractivity contribution < 1.29 is 4.42 Å². The Bertz CT molecular complexity index is 1960. The smallest absolute Gasteiger partial charge is 0.148 e. The molecule has 2 atom stereocenters.